The molecule has 3 unspecified atom stereocenters. The molecular weight excluding hydrogens is 326 g/mol. The van der Waals surface area contributed by atoms with Gasteiger partial charge in [-0.15, -0.1) is 11.3 Å². The average molecular weight is 338 g/mol. The van der Waals surface area contributed by atoms with Gasteiger partial charge in [-0.2, -0.15) is 0 Å². The van der Waals surface area contributed by atoms with E-state index in [4.69, 9.17) is 4.74 Å². The third-order valence-electron chi connectivity index (χ3n) is 3.23. The number of hydrogen-bond donors (Lipinski definition) is 1. The third-order valence-corrected chi connectivity index (χ3v) is 6.83. The monoisotopic (exact) mass is 337 g/mol. The first-order valence-corrected chi connectivity index (χ1v) is 8.57. The number of thiophene rings is 1. The van der Waals surface area contributed by atoms with Crippen molar-refractivity contribution in [3.63, 3.8) is 0 Å². The molecule has 7 heteroatoms. The van der Waals surface area contributed by atoms with Gasteiger partial charge in [0, 0.05) is 0 Å². The molecule has 3 heterocycles. The van der Waals surface area contributed by atoms with Crippen molar-refractivity contribution in [2.45, 2.75) is 41.7 Å². The Hall–Kier alpha value is 0.0500. The lowest BCUT2D eigenvalue weighted by Crippen LogP contribution is -2.40. The fourth-order valence-corrected chi connectivity index (χ4v) is 5.76. The minimum Gasteiger partial charge on any atom is -0.373 e. The minimum atomic E-state index is -3.39. The van der Waals surface area contributed by atoms with Crippen LogP contribution < -0.4 is 4.72 Å². The van der Waals surface area contributed by atoms with E-state index in [0.29, 0.717) is 4.21 Å². The number of ether oxygens (including phenoxy) is 1. The molecule has 0 aliphatic carbocycles. The fraction of sp³-hybridized carbons (Fsp3) is 0.600. The van der Waals surface area contributed by atoms with Gasteiger partial charge in [-0.25, -0.2) is 13.1 Å². The normalized spacial score (nSPS) is 32.2. The Balaban J connectivity index is 1.76. The zero-order valence-corrected chi connectivity index (χ0v) is 12.1. The van der Waals surface area contributed by atoms with Gasteiger partial charge in [-0.05, 0) is 47.3 Å². The van der Waals surface area contributed by atoms with E-state index in [9.17, 15) is 8.42 Å². The second kappa shape index (κ2) is 4.31. The van der Waals surface area contributed by atoms with E-state index in [1.807, 2.05) is 0 Å². The van der Waals surface area contributed by atoms with E-state index in [0.717, 1.165) is 23.0 Å². The van der Waals surface area contributed by atoms with Crippen LogP contribution in [-0.2, 0) is 14.8 Å². The molecule has 0 radical (unpaired) electrons. The molecule has 3 rings (SSSR count). The summed E-state index contributed by atoms with van der Waals surface area (Å²) in [6, 6.07) is 3.31. The molecule has 0 amide bonds. The molecule has 0 spiro atoms. The van der Waals surface area contributed by atoms with E-state index in [1.54, 1.807) is 12.1 Å². The van der Waals surface area contributed by atoms with Crippen LogP contribution >= 0.6 is 27.3 Å². The Bertz CT molecular complexity index is 527. The molecule has 2 bridgehead atoms. The Morgan fingerprint density at radius 3 is 2.76 bits per heavy atom. The SMILES string of the molecule is O=S(=O)(NC1CC2CCC1O2)c1ccc(Br)s1. The lowest BCUT2D eigenvalue weighted by molar-refractivity contribution is 0.0996. The van der Waals surface area contributed by atoms with E-state index in [-0.39, 0.29) is 18.2 Å². The van der Waals surface area contributed by atoms with Crippen molar-refractivity contribution in [3.8, 4) is 0 Å². The molecule has 1 aromatic rings. The predicted octanol–water partition coefficient (Wildman–Crippen LogP) is 2.11. The summed E-state index contributed by atoms with van der Waals surface area (Å²) < 4.78 is 33.8. The number of sulfonamides is 1. The van der Waals surface area contributed by atoms with Crippen molar-refractivity contribution >= 4 is 37.3 Å². The maximum absolute atomic E-state index is 12.1. The number of hydrogen-bond acceptors (Lipinski definition) is 4. The van der Waals surface area contributed by atoms with Crippen molar-refractivity contribution < 1.29 is 13.2 Å². The van der Waals surface area contributed by atoms with Crippen molar-refractivity contribution in [1.82, 2.24) is 4.72 Å². The van der Waals surface area contributed by atoms with Crippen LogP contribution in [0.25, 0.3) is 0 Å². The van der Waals surface area contributed by atoms with Crippen LogP contribution in [0.15, 0.2) is 20.1 Å². The Kier molecular flexibility index (Phi) is 3.07. The number of halogens is 1. The highest BCUT2D eigenvalue weighted by Crippen LogP contribution is 2.35. The van der Waals surface area contributed by atoms with E-state index in [1.165, 1.54) is 11.3 Å². The lowest BCUT2D eigenvalue weighted by Gasteiger charge is -2.19. The second-order valence-corrected chi connectivity index (χ2v) is 8.80. The topological polar surface area (TPSA) is 55.4 Å². The van der Waals surface area contributed by atoms with Crippen LogP contribution in [0.2, 0.25) is 0 Å². The van der Waals surface area contributed by atoms with Crippen molar-refractivity contribution in [1.29, 1.82) is 0 Å². The first-order valence-electron chi connectivity index (χ1n) is 5.48. The predicted molar refractivity (Wildman–Crippen MR) is 68.6 cm³/mol. The summed E-state index contributed by atoms with van der Waals surface area (Å²) in [6.45, 7) is 0. The Labute approximate surface area is 113 Å². The zero-order valence-electron chi connectivity index (χ0n) is 8.93. The molecule has 1 aromatic heterocycles. The standard InChI is InChI=1S/C10H12BrNO3S2/c11-9-3-4-10(16-9)17(13,14)12-7-5-6-1-2-8(7)15-6/h3-4,6-8,12H,1-2,5H2. The summed E-state index contributed by atoms with van der Waals surface area (Å²) in [6.07, 6.45) is 3.15. The molecule has 2 aliphatic rings. The molecular formula is C10H12BrNO3S2. The average Bonchev–Trinajstić information content (AvgIpc) is 2.92. The summed E-state index contributed by atoms with van der Waals surface area (Å²) in [7, 11) is -3.39. The molecule has 0 aromatic carbocycles. The third kappa shape index (κ3) is 2.31. The maximum atomic E-state index is 12.1. The van der Waals surface area contributed by atoms with Gasteiger partial charge in [0.1, 0.15) is 4.21 Å². The fourth-order valence-electron chi connectivity index (χ4n) is 2.46. The number of nitrogens with one attached hydrogen (secondary N) is 1. The summed E-state index contributed by atoms with van der Waals surface area (Å²) in [5.41, 5.74) is 0. The van der Waals surface area contributed by atoms with Gasteiger partial charge in [0.05, 0.1) is 22.0 Å². The summed E-state index contributed by atoms with van der Waals surface area (Å²) in [5, 5.41) is 0. The quantitative estimate of drug-likeness (QED) is 0.918. The molecule has 94 valence electrons. The largest absolute Gasteiger partial charge is 0.373 e. The van der Waals surface area contributed by atoms with Crippen LogP contribution in [0.5, 0.6) is 0 Å². The van der Waals surface area contributed by atoms with Crippen LogP contribution in [0, 0.1) is 0 Å². The molecule has 3 atom stereocenters. The minimum absolute atomic E-state index is 0.0559. The van der Waals surface area contributed by atoms with Gasteiger partial charge in [0.25, 0.3) is 0 Å². The first-order chi connectivity index (χ1) is 8.04. The van der Waals surface area contributed by atoms with Crippen LogP contribution in [0.4, 0.5) is 0 Å². The van der Waals surface area contributed by atoms with E-state index in [2.05, 4.69) is 20.7 Å². The van der Waals surface area contributed by atoms with Crippen LogP contribution in [-0.4, -0.2) is 26.7 Å². The van der Waals surface area contributed by atoms with Gasteiger partial charge in [-0.3, -0.25) is 0 Å². The Morgan fingerprint density at radius 2 is 2.24 bits per heavy atom. The first kappa shape index (κ1) is 12.1. The highest BCUT2D eigenvalue weighted by atomic mass is 79.9. The van der Waals surface area contributed by atoms with E-state index < -0.39 is 10.0 Å². The number of fused-ring (bicyclic) bond motifs is 2. The lowest BCUT2D eigenvalue weighted by atomic mass is 9.96. The highest BCUT2D eigenvalue weighted by Gasteiger charge is 2.42. The Morgan fingerprint density at radius 1 is 1.41 bits per heavy atom. The van der Waals surface area contributed by atoms with Gasteiger partial charge in [-0.1, -0.05) is 0 Å². The van der Waals surface area contributed by atoms with Gasteiger partial charge in [0.15, 0.2) is 0 Å². The molecule has 4 nitrogen and oxygen atoms in total. The molecule has 1 N–H and O–H groups in total. The van der Waals surface area contributed by atoms with Gasteiger partial charge >= 0.3 is 0 Å². The zero-order chi connectivity index (χ0) is 12.0. The molecule has 2 fully saturated rings. The van der Waals surface area contributed by atoms with Crippen molar-refractivity contribution in [2.75, 3.05) is 0 Å². The summed E-state index contributed by atoms with van der Waals surface area (Å²) in [4.78, 5) is 0. The van der Waals surface area contributed by atoms with E-state index >= 15 is 0 Å². The summed E-state index contributed by atoms with van der Waals surface area (Å²) >= 11 is 4.49. The smallest absolute Gasteiger partial charge is 0.250 e. The maximum Gasteiger partial charge on any atom is 0.250 e. The number of rotatable bonds is 3. The molecule has 17 heavy (non-hydrogen) atoms. The molecule has 2 aliphatic heterocycles. The highest BCUT2D eigenvalue weighted by molar-refractivity contribution is 9.11. The second-order valence-electron chi connectivity index (χ2n) is 4.40. The van der Waals surface area contributed by atoms with Crippen LogP contribution in [0.3, 0.4) is 0 Å². The van der Waals surface area contributed by atoms with Crippen LogP contribution in [0.1, 0.15) is 19.3 Å². The van der Waals surface area contributed by atoms with Crippen molar-refractivity contribution in [3.05, 3.63) is 15.9 Å². The summed E-state index contributed by atoms with van der Waals surface area (Å²) in [5.74, 6) is 0. The van der Waals surface area contributed by atoms with Crippen molar-refractivity contribution in [2.24, 2.45) is 0 Å². The molecule has 0 saturated carbocycles. The van der Waals surface area contributed by atoms with Gasteiger partial charge in [0.2, 0.25) is 10.0 Å². The van der Waals surface area contributed by atoms with Gasteiger partial charge < -0.3 is 4.74 Å². The molecule has 2 saturated heterocycles.